The van der Waals surface area contributed by atoms with Crippen molar-refractivity contribution in [1.29, 1.82) is 0 Å². The first kappa shape index (κ1) is 19.8. The van der Waals surface area contributed by atoms with Crippen molar-refractivity contribution in [2.75, 3.05) is 13.2 Å². The van der Waals surface area contributed by atoms with Gasteiger partial charge in [0, 0.05) is 23.9 Å². The number of rotatable bonds is 7. The third kappa shape index (κ3) is 5.22. The summed E-state index contributed by atoms with van der Waals surface area (Å²) in [5.41, 5.74) is 1.78. The van der Waals surface area contributed by atoms with Gasteiger partial charge in [-0.05, 0) is 19.1 Å². The van der Waals surface area contributed by atoms with Crippen molar-refractivity contribution in [1.82, 2.24) is 15.2 Å². The van der Waals surface area contributed by atoms with Gasteiger partial charge >= 0.3 is 6.18 Å². The largest absolute Gasteiger partial charge is 0.469 e. The van der Waals surface area contributed by atoms with Crippen LogP contribution in [0.2, 0.25) is 5.15 Å². The summed E-state index contributed by atoms with van der Waals surface area (Å²) < 4.78 is 41.1. The summed E-state index contributed by atoms with van der Waals surface area (Å²) in [5, 5.41) is 2.30. The SMILES string of the molecule is C/C(=C\C=C(/NC=O)OCC(F)(F)F)CN1Cc2c(ccnc2Cl)C1=O. The summed E-state index contributed by atoms with van der Waals surface area (Å²) in [7, 11) is 0. The number of allylic oxidation sites excluding steroid dienone is 2. The number of hydrogen-bond donors (Lipinski definition) is 1. The number of nitrogens with one attached hydrogen (secondary N) is 1. The molecule has 1 aromatic heterocycles. The summed E-state index contributed by atoms with van der Waals surface area (Å²) in [5.74, 6) is -0.555. The predicted molar refractivity (Wildman–Crippen MR) is 87.0 cm³/mol. The number of nitrogens with zero attached hydrogens (tertiary/aromatic N) is 2. The minimum Gasteiger partial charge on any atom is -0.469 e. The molecule has 1 aliphatic heterocycles. The molecule has 26 heavy (non-hydrogen) atoms. The van der Waals surface area contributed by atoms with Gasteiger partial charge in [-0.3, -0.25) is 14.9 Å². The van der Waals surface area contributed by atoms with E-state index >= 15 is 0 Å². The molecule has 0 aromatic carbocycles. The molecule has 0 unspecified atom stereocenters. The zero-order chi connectivity index (χ0) is 19.3. The van der Waals surface area contributed by atoms with Crippen molar-refractivity contribution in [3.63, 3.8) is 0 Å². The van der Waals surface area contributed by atoms with Gasteiger partial charge < -0.3 is 9.64 Å². The second-order valence-electron chi connectivity index (χ2n) is 5.50. The Morgan fingerprint density at radius 1 is 1.46 bits per heavy atom. The molecule has 2 amide bonds. The highest BCUT2D eigenvalue weighted by molar-refractivity contribution is 6.30. The molecule has 0 fully saturated rings. The van der Waals surface area contributed by atoms with Crippen LogP contribution in [-0.4, -0.2) is 41.5 Å². The van der Waals surface area contributed by atoms with Crippen LogP contribution in [0.1, 0.15) is 22.8 Å². The molecule has 10 heteroatoms. The van der Waals surface area contributed by atoms with Crippen molar-refractivity contribution < 1.29 is 27.5 Å². The van der Waals surface area contributed by atoms with E-state index in [0.29, 0.717) is 23.2 Å². The Kier molecular flexibility index (Phi) is 6.25. The number of amides is 2. The first-order valence-electron chi connectivity index (χ1n) is 7.41. The van der Waals surface area contributed by atoms with Crippen LogP contribution in [-0.2, 0) is 16.1 Å². The third-order valence-electron chi connectivity index (χ3n) is 3.42. The number of alkyl halides is 3. The number of fused-ring (bicyclic) bond motifs is 1. The second kappa shape index (κ2) is 8.22. The molecule has 0 aliphatic carbocycles. The predicted octanol–water partition coefficient (Wildman–Crippen LogP) is 2.80. The summed E-state index contributed by atoms with van der Waals surface area (Å²) in [6.07, 6.45) is -0.218. The minimum atomic E-state index is -4.52. The van der Waals surface area contributed by atoms with Crippen LogP contribution in [0, 0.1) is 0 Å². The second-order valence-corrected chi connectivity index (χ2v) is 5.86. The first-order chi connectivity index (χ1) is 12.2. The van der Waals surface area contributed by atoms with Crippen LogP contribution in [0.25, 0.3) is 0 Å². The van der Waals surface area contributed by atoms with E-state index < -0.39 is 12.8 Å². The highest BCUT2D eigenvalue weighted by Crippen LogP contribution is 2.27. The van der Waals surface area contributed by atoms with E-state index in [1.807, 2.05) is 5.32 Å². The Balaban J connectivity index is 2.04. The molecule has 0 bridgehead atoms. The van der Waals surface area contributed by atoms with E-state index in [2.05, 4.69) is 9.72 Å². The Morgan fingerprint density at radius 2 is 2.19 bits per heavy atom. The highest BCUT2D eigenvalue weighted by Gasteiger charge is 2.30. The van der Waals surface area contributed by atoms with Gasteiger partial charge in [0.1, 0.15) is 5.15 Å². The van der Waals surface area contributed by atoms with E-state index in [9.17, 15) is 22.8 Å². The van der Waals surface area contributed by atoms with Crippen molar-refractivity contribution in [3.8, 4) is 0 Å². The van der Waals surface area contributed by atoms with Gasteiger partial charge in [-0.2, -0.15) is 13.2 Å². The smallest absolute Gasteiger partial charge is 0.422 e. The first-order valence-corrected chi connectivity index (χ1v) is 7.79. The lowest BCUT2D eigenvalue weighted by atomic mass is 10.2. The number of hydrogen-bond acceptors (Lipinski definition) is 4. The molecule has 1 aliphatic rings. The Bertz CT molecular complexity index is 763. The zero-order valence-corrected chi connectivity index (χ0v) is 14.4. The Labute approximate surface area is 152 Å². The van der Waals surface area contributed by atoms with Gasteiger partial charge in [-0.1, -0.05) is 23.3 Å². The number of ether oxygens (including phenoxy) is 1. The number of aromatic nitrogens is 1. The Morgan fingerprint density at radius 3 is 2.81 bits per heavy atom. The normalized spacial score (nSPS) is 15.1. The van der Waals surface area contributed by atoms with Crippen molar-refractivity contribution in [3.05, 3.63) is 52.2 Å². The molecule has 140 valence electrons. The van der Waals surface area contributed by atoms with Crippen LogP contribution in [0.15, 0.2) is 35.9 Å². The van der Waals surface area contributed by atoms with Gasteiger partial charge in [-0.15, -0.1) is 0 Å². The molecule has 2 rings (SSSR count). The van der Waals surface area contributed by atoms with Gasteiger partial charge in [0.2, 0.25) is 6.41 Å². The maximum Gasteiger partial charge on any atom is 0.422 e. The molecule has 0 saturated carbocycles. The van der Waals surface area contributed by atoms with Gasteiger partial charge in [0.15, 0.2) is 12.5 Å². The fourth-order valence-corrected chi connectivity index (χ4v) is 2.52. The van der Waals surface area contributed by atoms with Gasteiger partial charge in [0.25, 0.3) is 5.91 Å². The van der Waals surface area contributed by atoms with Crippen molar-refractivity contribution in [2.45, 2.75) is 19.6 Å². The summed E-state index contributed by atoms with van der Waals surface area (Å²) in [4.78, 5) is 28.2. The molecule has 2 heterocycles. The number of halogens is 4. The lowest BCUT2D eigenvalue weighted by Crippen LogP contribution is -2.25. The summed E-state index contributed by atoms with van der Waals surface area (Å²) in [6.45, 7) is 0.681. The quantitative estimate of drug-likeness (QED) is 0.337. The molecule has 0 spiro atoms. The molecular weight excluding hydrogens is 375 g/mol. The van der Waals surface area contributed by atoms with E-state index in [4.69, 9.17) is 11.6 Å². The van der Waals surface area contributed by atoms with Crippen molar-refractivity contribution in [2.24, 2.45) is 0 Å². The fourth-order valence-electron chi connectivity index (χ4n) is 2.31. The van der Waals surface area contributed by atoms with Crippen LogP contribution < -0.4 is 5.32 Å². The monoisotopic (exact) mass is 389 g/mol. The molecule has 0 atom stereocenters. The Hall–Kier alpha value is -2.55. The van der Waals surface area contributed by atoms with E-state index in [0.717, 1.165) is 0 Å². The summed E-state index contributed by atoms with van der Waals surface area (Å²) in [6, 6.07) is 1.58. The van der Waals surface area contributed by atoms with Gasteiger partial charge in [-0.25, -0.2) is 4.98 Å². The summed E-state index contributed by atoms with van der Waals surface area (Å²) >= 11 is 5.98. The standard InChI is InChI=1S/C16H15ClF3N3O3/c1-10(2-3-13(22-9-24)26-8-16(18,19)20)6-23-7-12-11(15(23)25)4-5-21-14(12)17/h2-5,9H,6-8H2,1H3,(H,22,24)/b10-2+,13-3+. The lowest BCUT2D eigenvalue weighted by molar-refractivity contribution is -0.166. The average Bonchev–Trinajstić information content (AvgIpc) is 2.87. The molecule has 1 N–H and O–H groups in total. The number of carbonyl (C=O) groups is 2. The van der Waals surface area contributed by atoms with Gasteiger partial charge in [0.05, 0.1) is 6.54 Å². The maximum absolute atomic E-state index is 12.3. The maximum atomic E-state index is 12.3. The molecular formula is C16H15ClF3N3O3. The molecule has 0 saturated heterocycles. The molecule has 0 radical (unpaired) electrons. The topological polar surface area (TPSA) is 71.5 Å². The number of carbonyl (C=O) groups excluding carboxylic acids is 2. The van der Waals surface area contributed by atoms with Crippen molar-refractivity contribution >= 4 is 23.9 Å². The minimum absolute atomic E-state index is 0.208. The van der Waals surface area contributed by atoms with E-state index in [-0.39, 0.29) is 29.9 Å². The highest BCUT2D eigenvalue weighted by atomic mass is 35.5. The third-order valence-corrected chi connectivity index (χ3v) is 3.75. The average molecular weight is 390 g/mol. The van der Waals surface area contributed by atoms with Crippen LogP contribution in [0.4, 0.5) is 13.2 Å². The van der Waals surface area contributed by atoms with Crippen LogP contribution in [0.3, 0.4) is 0 Å². The lowest BCUT2D eigenvalue weighted by Gasteiger charge is -2.16. The van der Waals surface area contributed by atoms with E-state index in [1.165, 1.54) is 23.2 Å². The molecule has 1 aromatic rings. The molecule has 6 nitrogen and oxygen atoms in total. The van der Waals surface area contributed by atoms with Crippen LogP contribution >= 0.6 is 11.6 Å². The fraction of sp³-hybridized carbons (Fsp3) is 0.312. The zero-order valence-electron chi connectivity index (χ0n) is 13.6. The van der Waals surface area contributed by atoms with E-state index in [1.54, 1.807) is 13.0 Å². The van der Waals surface area contributed by atoms with Crippen LogP contribution in [0.5, 0.6) is 0 Å². The number of pyridine rings is 1.